The minimum absolute atomic E-state index is 0.0387. The Kier molecular flexibility index (Phi) is 7.39. The zero-order valence-electron chi connectivity index (χ0n) is 16.6. The molecule has 0 aliphatic rings. The number of pyridine rings is 1. The summed E-state index contributed by atoms with van der Waals surface area (Å²) in [6.45, 7) is 3.48. The number of benzene rings is 1. The third-order valence-electron chi connectivity index (χ3n) is 4.03. The zero-order chi connectivity index (χ0) is 21.5. The summed E-state index contributed by atoms with van der Waals surface area (Å²) in [5.41, 5.74) is 2.87. The van der Waals surface area contributed by atoms with Crippen LogP contribution in [0.3, 0.4) is 0 Å². The quantitative estimate of drug-likeness (QED) is 0.269. The number of nitrogens with zero attached hydrogens (tertiary/aromatic N) is 2. The molecule has 0 radical (unpaired) electrons. The van der Waals surface area contributed by atoms with E-state index < -0.39 is 5.97 Å². The highest BCUT2D eigenvalue weighted by molar-refractivity contribution is 8.00. The summed E-state index contributed by atoms with van der Waals surface area (Å²) >= 11 is 2.71. The van der Waals surface area contributed by atoms with Crippen molar-refractivity contribution in [3.63, 3.8) is 0 Å². The van der Waals surface area contributed by atoms with Gasteiger partial charge in [0.2, 0.25) is 0 Å². The van der Waals surface area contributed by atoms with Crippen LogP contribution in [-0.2, 0) is 14.3 Å². The van der Waals surface area contributed by atoms with E-state index in [1.54, 1.807) is 25.2 Å². The Morgan fingerprint density at radius 1 is 1.20 bits per heavy atom. The third kappa shape index (κ3) is 5.56. The molecule has 2 aromatic heterocycles. The highest BCUT2D eigenvalue weighted by atomic mass is 32.2. The predicted molar refractivity (Wildman–Crippen MR) is 119 cm³/mol. The van der Waals surface area contributed by atoms with Crippen LogP contribution in [0.25, 0.3) is 21.7 Å². The number of hydrogen-bond donors (Lipinski definition) is 0. The van der Waals surface area contributed by atoms with E-state index in [0.29, 0.717) is 10.6 Å². The van der Waals surface area contributed by atoms with Gasteiger partial charge in [-0.2, -0.15) is 5.26 Å². The van der Waals surface area contributed by atoms with E-state index in [-0.39, 0.29) is 24.1 Å². The lowest BCUT2D eigenvalue weighted by Crippen LogP contribution is -2.16. The van der Waals surface area contributed by atoms with Crippen LogP contribution >= 0.6 is 23.1 Å². The first kappa shape index (κ1) is 21.8. The van der Waals surface area contributed by atoms with Gasteiger partial charge in [0.25, 0.3) is 0 Å². The highest BCUT2D eigenvalue weighted by Crippen LogP contribution is 2.36. The van der Waals surface area contributed by atoms with Gasteiger partial charge in [0.1, 0.15) is 17.5 Å². The summed E-state index contributed by atoms with van der Waals surface area (Å²) in [6, 6.07) is 17.7. The van der Waals surface area contributed by atoms with E-state index >= 15 is 0 Å². The maximum Gasteiger partial charge on any atom is 0.313 e. The summed E-state index contributed by atoms with van der Waals surface area (Å²) in [4.78, 5) is 29.6. The van der Waals surface area contributed by atoms with E-state index in [1.807, 2.05) is 53.9 Å². The molecule has 2 heterocycles. The van der Waals surface area contributed by atoms with Gasteiger partial charge < -0.3 is 4.74 Å². The molecule has 1 aromatic carbocycles. The first-order valence-corrected chi connectivity index (χ1v) is 11.2. The van der Waals surface area contributed by atoms with Crippen molar-refractivity contribution in [2.24, 2.45) is 0 Å². The lowest BCUT2D eigenvalue weighted by Gasteiger charge is -2.11. The summed E-state index contributed by atoms with van der Waals surface area (Å²) in [5.74, 6) is -0.766. The van der Waals surface area contributed by atoms with Crippen molar-refractivity contribution < 1.29 is 14.3 Å². The number of rotatable bonds is 8. The molecule has 0 amide bonds. The Morgan fingerprint density at radius 3 is 2.60 bits per heavy atom. The minimum atomic E-state index is -0.540. The molecule has 0 fully saturated rings. The monoisotopic (exact) mass is 436 g/mol. The van der Waals surface area contributed by atoms with Crippen molar-refractivity contribution in [2.75, 3.05) is 5.75 Å². The Morgan fingerprint density at radius 2 is 1.97 bits per heavy atom. The van der Waals surface area contributed by atoms with Crippen molar-refractivity contribution in [3.05, 3.63) is 59.5 Å². The fourth-order valence-corrected chi connectivity index (χ4v) is 4.39. The summed E-state index contributed by atoms with van der Waals surface area (Å²) < 4.78 is 5.03. The zero-order valence-corrected chi connectivity index (χ0v) is 18.3. The maximum absolute atomic E-state index is 12.2. The van der Waals surface area contributed by atoms with E-state index in [1.165, 1.54) is 11.8 Å². The fraction of sp³-hybridized carbons (Fsp3) is 0.217. The average Bonchev–Trinajstić information content (AvgIpc) is 3.26. The molecule has 0 aliphatic carbocycles. The third-order valence-corrected chi connectivity index (χ3v) is 5.97. The molecule has 152 valence electrons. The Bertz CT molecular complexity index is 1070. The SMILES string of the molecule is CC(C)OC(=O)CC(=O)CSc1nc(-c2ccccc2)cc(-c2cccs2)c1C#N. The molecule has 0 bridgehead atoms. The van der Waals surface area contributed by atoms with Crippen LogP contribution in [0.1, 0.15) is 25.8 Å². The molecule has 0 saturated heterocycles. The van der Waals surface area contributed by atoms with E-state index in [9.17, 15) is 14.9 Å². The van der Waals surface area contributed by atoms with Crippen molar-refractivity contribution >= 4 is 34.9 Å². The van der Waals surface area contributed by atoms with Crippen molar-refractivity contribution in [1.29, 1.82) is 5.26 Å². The van der Waals surface area contributed by atoms with Gasteiger partial charge in [0, 0.05) is 16.0 Å². The molecule has 5 nitrogen and oxygen atoms in total. The van der Waals surface area contributed by atoms with Crippen molar-refractivity contribution in [3.8, 4) is 27.8 Å². The molecular formula is C23H20N2O3S2. The van der Waals surface area contributed by atoms with Gasteiger partial charge in [-0.05, 0) is 31.4 Å². The molecule has 3 aromatic rings. The first-order valence-electron chi connectivity index (χ1n) is 9.36. The second-order valence-electron chi connectivity index (χ2n) is 6.73. The number of Topliss-reactive ketones (excluding diaryl/α,β-unsaturated/α-hetero) is 1. The minimum Gasteiger partial charge on any atom is -0.463 e. The van der Waals surface area contributed by atoms with Crippen LogP contribution < -0.4 is 0 Å². The van der Waals surface area contributed by atoms with Crippen LogP contribution in [0.4, 0.5) is 0 Å². The summed E-state index contributed by atoms with van der Waals surface area (Å²) in [5, 5.41) is 12.2. The molecule has 3 rings (SSSR count). The van der Waals surface area contributed by atoms with E-state index in [2.05, 4.69) is 11.1 Å². The number of carbonyl (C=O) groups is 2. The van der Waals surface area contributed by atoms with Gasteiger partial charge in [-0.3, -0.25) is 9.59 Å². The van der Waals surface area contributed by atoms with Gasteiger partial charge in [-0.1, -0.05) is 48.2 Å². The van der Waals surface area contributed by atoms with Crippen molar-refractivity contribution in [1.82, 2.24) is 4.98 Å². The van der Waals surface area contributed by atoms with Gasteiger partial charge in [0.15, 0.2) is 5.78 Å². The van der Waals surface area contributed by atoms with Crippen LogP contribution in [0.2, 0.25) is 0 Å². The first-order chi connectivity index (χ1) is 14.5. The lowest BCUT2D eigenvalue weighted by atomic mass is 10.0. The molecule has 0 N–H and O–H groups in total. The molecule has 30 heavy (non-hydrogen) atoms. The molecule has 0 unspecified atom stereocenters. The van der Waals surface area contributed by atoms with Crippen LogP contribution in [0.5, 0.6) is 0 Å². The summed E-state index contributed by atoms with van der Waals surface area (Å²) in [6.07, 6.45) is -0.552. The number of thiophene rings is 1. The second-order valence-corrected chi connectivity index (χ2v) is 8.64. The number of thioether (sulfide) groups is 1. The number of ketones is 1. The fourth-order valence-electron chi connectivity index (χ4n) is 2.78. The van der Waals surface area contributed by atoms with Gasteiger partial charge in [0.05, 0.1) is 23.1 Å². The molecule has 0 atom stereocenters. The van der Waals surface area contributed by atoms with Crippen LogP contribution in [0.15, 0.2) is 58.9 Å². The largest absolute Gasteiger partial charge is 0.463 e. The predicted octanol–water partition coefficient (Wildman–Crippen LogP) is 5.35. The smallest absolute Gasteiger partial charge is 0.313 e. The van der Waals surface area contributed by atoms with Crippen LogP contribution in [0, 0.1) is 11.3 Å². The number of esters is 1. The summed E-state index contributed by atoms with van der Waals surface area (Å²) in [7, 11) is 0. The van der Waals surface area contributed by atoms with Gasteiger partial charge >= 0.3 is 5.97 Å². The van der Waals surface area contributed by atoms with E-state index in [4.69, 9.17) is 4.74 Å². The number of hydrogen-bond acceptors (Lipinski definition) is 7. The number of nitriles is 1. The molecule has 0 aliphatic heterocycles. The molecule has 0 saturated carbocycles. The normalized spacial score (nSPS) is 10.6. The molecule has 0 spiro atoms. The Balaban J connectivity index is 1.91. The average molecular weight is 437 g/mol. The Hall–Kier alpha value is -2.95. The highest BCUT2D eigenvalue weighted by Gasteiger charge is 2.19. The van der Waals surface area contributed by atoms with E-state index in [0.717, 1.165) is 21.7 Å². The number of carbonyl (C=O) groups excluding carboxylic acids is 2. The van der Waals surface area contributed by atoms with Crippen LogP contribution in [-0.4, -0.2) is 28.6 Å². The topological polar surface area (TPSA) is 80.1 Å². The molecular weight excluding hydrogens is 416 g/mol. The van der Waals surface area contributed by atoms with Crippen molar-refractivity contribution in [2.45, 2.75) is 31.4 Å². The number of ether oxygens (including phenoxy) is 1. The molecule has 7 heteroatoms. The standard InChI is InChI=1S/C23H20N2O3S2/c1-15(2)28-22(27)11-17(26)14-30-23-19(13-24)18(21-9-6-10-29-21)12-20(25-23)16-7-4-3-5-8-16/h3-10,12,15H,11,14H2,1-2H3. The Labute approximate surface area is 183 Å². The number of aromatic nitrogens is 1. The second kappa shape index (κ2) is 10.2. The van der Waals surface area contributed by atoms with Gasteiger partial charge in [-0.25, -0.2) is 4.98 Å². The van der Waals surface area contributed by atoms with Gasteiger partial charge in [-0.15, -0.1) is 11.3 Å². The lowest BCUT2D eigenvalue weighted by molar-refractivity contribution is -0.149. The maximum atomic E-state index is 12.2.